The SMILES string of the molecule is Cc1ccnc(N2CCN(C(=O)c3cccc(S(C)(=O)=O)c3)CC2)n1. The molecule has 1 amide bonds. The summed E-state index contributed by atoms with van der Waals surface area (Å²) in [7, 11) is -3.33. The minimum absolute atomic E-state index is 0.157. The van der Waals surface area contributed by atoms with E-state index in [1.165, 1.54) is 12.1 Å². The smallest absolute Gasteiger partial charge is 0.254 e. The first-order chi connectivity index (χ1) is 11.8. The minimum atomic E-state index is -3.33. The van der Waals surface area contributed by atoms with Crippen LogP contribution in [0.15, 0.2) is 41.4 Å². The normalized spacial score (nSPS) is 15.3. The molecule has 0 atom stereocenters. The van der Waals surface area contributed by atoms with Gasteiger partial charge in [0.05, 0.1) is 4.90 Å². The van der Waals surface area contributed by atoms with Crippen molar-refractivity contribution >= 4 is 21.7 Å². The second kappa shape index (κ2) is 6.79. The van der Waals surface area contributed by atoms with E-state index < -0.39 is 9.84 Å². The van der Waals surface area contributed by atoms with Crippen LogP contribution in [0.4, 0.5) is 5.95 Å². The minimum Gasteiger partial charge on any atom is -0.337 e. The third kappa shape index (κ3) is 3.96. The fraction of sp³-hybridized carbons (Fsp3) is 0.353. The third-order valence-corrected chi connectivity index (χ3v) is 5.25. The fourth-order valence-corrected chi connectivity index (χ4v) is 3.41. The van der Waals surface area contributed by atoms with Gasteiger partial charge < -0.3 is 9.80 Å². The number of benzene rings is 1. The summed E-state index contributed by atoms with van der Waals surface area (Å²) in [4.78, 5) is 25.3. The van der Waals surface area contributed by atoms with Crippen molar-refractivity contribution in [3.8, 4) is 0 Å². The molecule has 132 valence electrons. The van der Waals surface area contributed by atoms with Gasteiger partial charge in [-0.05, 0) is 31.2 Å². The average Bonchev–Trinajstić information content (AvgIpc) is 2.61. The van der Waals surface area contributed by atoms with Crippen LogP contribution in [0.25, 0.3) is 0 Å². The van der Waals surface area contributed by atoms with Gasteiger partial charge in [0.25, 0.3) is 5.91 Å². The quantitative estimate of drug-likeness (QED) is 0.816. The molecule has 0 bridgehead atoms. The summed E-state index contributed by atoms with van der Waals surface area (Å²) in [5.41, 5.74) is 1.30. The maximum Gasteiger partial charge on any atom is 0.254 e. The van der Waals surface area contributed by atoms with Crippen LogP contribution in [0.1, 0.15) is 16.1 Å². The largest absolute Gasteiger partial charge is 0.337 e. The first kappa shape index (κ1) is 17.3. The first-order valence-electron chi connectivity index (χ1n) is 7.98. The van der Waals surface area contributed by atoms with E-state index in [1.807, 2.05) is 17.9 Å². The molecule has 0 spiro atoms. The van der Waals surface area contributed by atoms with Gasteiger partial charge in [0.1, 0.15) is 0 Å². The Morgan fingerprint density at radius 2 is 1.84 bits per heavy atom. The maximum absolute atomic E-state index is 12.7. The molecule has 1 fully saturated rings. The lowest BCUT2D eigenvalue weighted by molar-refractivity contribution is 0.0746. The zero-order valence-electron chi connectivity index (χ0n) is 14.2. The molecular weight excluding hydrogens is 340 g/mol. The van der Waals surface area contributed by atoms with E-state index in [-0.39, 0.29) is 10.8 Å². The van der Waals surface area contributed by atoms with Crippen molar-refractivity contribution in [1.29, 1.82) is 0 Å². The second-order valence-corrected chi connectivity index (χ2v) is 8.09. The van der Waals surface area contributed by atoms with Gasteiger partial charge in [0, 0.05) is 49.9 Å². The van der Waals surface area contributed by atoms with Crippen LogP contribution in [-0.4, -0.2) is 61.6 Å². The molecule has 0 aliphatic carbocycles. The predicted molar refractivity (Wildman–Crippen MR) is 94.4 cm³/mol. The summed E-state index contributed by atoms with van der Waals surface area (Å²) in [6, 6.07) is 8.03. The van der Waals surface area contributed by atoms with Crippen LogP contribution in [0.3, 0.4) is 0 Å². The topological polar surface area (TPSA) is 83.5 Å². The number of anilines is 1. The van der Waals surface area contributed by atoms with Crippen LogP contribution in [-0.2, 0) is 9.84 Å². The molecule has 7 nitrogen and oxygen atoms in total. The molecule has 0 unspecified atom stereocenters. The number of nitrogens with zero attached hydrogens (tertiary/aromatic N) is 4. The Morgan fingerprint density at radius 3 is 2.48 bits per heavy atom. The van der Waals surface area contributed by atoms with Gasteiger partial charge in [0.15, 0.2) is 9.84 Å². The van der Waals surface area contributed by atoms with Crippen LogP contribution in [0, 0.1) is 6.92 Å². The molecule has 0 radical (unpaired) electrons. The number of hydrogen-bond donors (Lipinski definition) is 0. The Kier molecular flexibility index (Phi) is 4.71. The molecule has 2 heterocycles. The van der Waals surface area contributed by atoms with Gasteiger partial charge in [-0.1, -0.05) is 6.07 Å². The van der Waals surface area contributed by atoms with E-state index in [0.717, 1.165) is 11.9 Å². The van der Waals surface area contributed by atoms with E-state index in [0.29, 0.717) is 37.7 Å². The Morgan fingerprint density at radius 1 is 1.12 bits per heavy atom. The van der Waals surface area contributed by atoms with Crippen LogP contribution in [0.2, 0.25) is 0 Å². The van der Waals surface area contributed by atoms with E-state index in [9.17, 15) is 13.2 Å². The highest BCUT2D eigenvalue weighted by atomic mass is 32.2. The number of amides is 1. The summed E-state index contributed by atoms with van der Waals surface area (Å²) in [5.74, 6) is 0.515. The summed E-state index contributed by atoms with van der Waals surface area (Å²) < 4.78 is 23.3. The Labute approximate surface area is 147 Å². The van der Waals surface area contributed by atoms with Crippen LogP contribution >= 0.6 is 0 Å². The molecule has 8 heteroatoms. The molecular formula is C17H20N4O3S. The summed E-state index contributed by atoms with van der Waals surface area (Å²) in [6.07, 6.45) is 2.86. The first-order valence-corrected chi connectivity index (χ1v) is 9.88. The van der Waals surface area contributed by atoms with E-state index in [2.05, 4.69) is 9.97 Å². The van der Waals surface area contributed by atoms with Gasteiger partial charge in [0.2, 0.25) is 5.95 Å². The van der Waals surface area contributed by atoms with E-state index >= 15 is 0 Å². The molecule has 3 rings (SSSR count). The van der Waals surface area contributed by atoms with Crippen molar-refractivity contribution < 1.29 is 13.2 Å². The highest BCUT2D eigenvalue weighted by Gasteiger charge is 2.24. The van der Waals surface area contributed by atoms with Gasteiger partial charge >= 0.3 is 0 Å². The molecule has 1 aliphatic heterocycles. The number of carbonyl (C=O) groups is 1. The molecule has 25 heavy (non-hydrogen) atoms. The number of aryl methyl sites for hydroxylation is 1. The Hall–Kier alpha value is -2.48. The summed E-state index contributed by atoms with van der Waals surface area (Å²) >= 11 is 0. The van der Waals surface area contributed by atoms with Crippen molar-refractivity contribution in [3.63, 3.8) is 0 Å². The van der Waals surface area contributed by atoms with Crippen molar-refractivity contribution in [2.75, 3.05) is 37.3 Å². The molecule has 2 aromatic rings. The average molecular weight is 360 g/mol. The van der Waals surface area contributed by atoms with Crippen molar-refractivity contribution in [3.05, 3.63) is 47.8 Å². The predicted octanol–water partition coefficient (Wildman–Crippen LogP) is 1.15. The summed E-state index contributed by atoms with van der Waals surface area (Å²) in [6.45, 7) is 4.28. The number of rotatable bonds is 3. The van der Waals surface area contributed by atoms with Gasteiger partial charge in [-0.2, -0.15) is 0 Å². The number of aromatic nitrogens is 2. The number of carbonyl (C=O) groups excluding carboxylic acids is 1. The zero-order chi connectivity index (χ0) is 18.0. The Bertz CT molecular complexity index is 890. The number of hydrogen-bond acceptors (Lipinski definition) is 6. The van der Waals surface area contributed by atoms with E-state index in [1.54, 1.807) is 23.2 Å². The van der Waals surface area contributed by atoms with Crippen molar-refractivity contribution in [2.24, 2.45) is 0 Å². The fourth-order valence-electron chi connectivity index (χ4n) is 2.74. The molecule has 1 aromatic carbocycles. The Balaban J connectivity index is 1.70. The lowest BCUT2D eigenvalue weighted by Gasteiger charge is -2.34. The zero-order valence-corrected chi connectivity index (χ0v) is 15.0. The number of sulfone groups is 1. The molecule has 0 N–H and O–H groups in total. The van der Waals surface area contributed by atoms with Crippen molar-refractivity contribution in [1.82, 2.24) is 14.9 Å². The highest BCUT2D eigenvalue weighted by Crippen LogP contribution is 2.16. The van der Waals surface area contributed by atoms with Crippen LogP contribution in [0.5, 0.6) is 0 Å². The van der Waals surface area contributed by atoms with E-state index in [4.69, 9.17) is 0 Å². The van der Waals surface area contributed by atoms with Gasteiger partial charge in [-0.3, -0.25) is 4.79 Å². The van der Waals surface area contributed by atoms with Gasteiger partial charge in [-0.25, -0.2) is 18.4 Å². The number of piperazine rings is 1. The molecule has 1 saturated heterocycles. The standard InChI is InChI=1S/C17H20N4O3S/c1-13-6-7-18-17(19-13)21-10-8-20(9-11-21)16(22)14-4-3-5-15(12-14)25(2,23)24/h3-7,12H,8-11H2,1-2H3. The van der Waals surface area contributed by atoms with Crippen molar-refractivity contribution in [2.45, 2.75) is 11.8 Å². The van der Waals surface area contributed by atoms with Gasteiger partial charge in [-0.15, -0.1) is 0 Å². The molecule has 1 aliphatic rings. The third-order valence-electron chi connectivity index (χ3n) is 4.14. The second-order valence-electron chi connectivity index (χ2n) is 6.08. The monoisotopic (exact) mass is 360 g/mol. The highest BCUT2D eigenvalue weighted by molar-refractivity contribution is 7.90. The maximum atomic E-state index is 12.7. The lowest BCUT2D eigenvalue weighted by Crippen LogP contribution is -2.49. The molecule has 1 aromatic heterocycles. The molecule has 0 saturated carbocycles. The van der Waals surface area contributed by atoms with Crippen LogP contribution < -0.4 is 4.90 Å². The lowest BCUT2D eigenvalue weighted by atomic mass is 10.2. The summed E-state index contributed by atoms with van der Waals surface area (Å²) in [5, 5.41) is 0.